The minimum absolute atomic E-state index is 0.0961. The molecule has 11 heteroatoms. The van der Waals surface area contributed by atoms with E-state index in [9.17, 15) is 18.8 Å². The third-order valence-corrected chi connectivity index (χ3v) is 4.93. The molecule has 2 aromatic rings. The van der Waals surface area contributed by atoms with Crippen LogP contribution in [0.5, 0.6) is 5.75 Å². The molecule has 0 bridgehead atoms. The van der Waals surface area contributed by atoms with E-state index >= 15 is 0 Å². The molecule has 1 aromatic heterocycles. The lowest BCUT2D eigenvalue weighted by Crippen LogP contribution is -2.44. The predicted molar refractivity (Wildman–Crippen MR) is 115 cm³/mol. The van der Waals surface area contributed by atoms with Crippen molar-refractivity contribution in [2.45, 2.75) is 45.3 Å². The van der Waals surface area contributed by atoms with Crippen LogP contribution in [0.3, 0.4) is 0 Å². The quantitative estimate of drug-likeness (QED) is 0.715. The van der Waals surface area contributed by atoms with Gasteiger partial charge in [0.05, 0.1) is 11.1 Å². The van der Waals surface area contributed by atoms with Crippen LogP contribution in [0.4, 0.5) is 9.18 Å². The molecule has 10 nitrogen and oxygen atoms in total. The number of ether oxygens (including phenoxy) is 2. The van der Waals surface area contributed by atoms with Gasteiger partial charge in [0.1, 0.15) is 23.6 Å². The van der Waals surface area contributed by atoms with Crippen LogP contribution in [0, 0.1) is 17.1 Å². The summed E-state index contributed by atoms with van der Waals surface area (Å²) in [4.78, 5) is 38.4. The van der Waals surface area contributed by atoms with Gasteiger partial charge in [-0.25, -0.2) is 14.3 Å². The van der Waals surface area contributed by atoms with Crippen LogP contribution in [0.25, 0.3) is 11.1 Å². The smallest absolute Gasteiger partial charge is 0.410 e. The van der Waals surface area contributed by atoms with Crippen LogP contribution in [0.2, 0.25) is 0 Å². The number of nitrogens with zero attached hydrogens (tertiary/aromatic N) is 3. The summed E-state index contributed by atoms with van der Waals surface area (Å²) in [5.41, 5.74) is 3.54. The summed E-state index contributed by atoms with van der Waals surface area (Å²) in [7, 11) is 0. The molecule has 0 saturated carbocycles. The number of primary amides is 1. The minimum atomic E-state index is -0.942. The highest BCUT2D eigenvalue weighted by Gasteiger charge is 2.30. The van der Waals surface area contributed by atoms with E-state index < -0.39 is 35.1 Å². The summed E-state index contributed by atoms with van der Waals surface area (Å²) in [5, 5.41) is 14.8. The predicted octanol–water partition coefficient (Wildman–Crippen LogP) is 2.32. The average Bonchev–Trinajstić information content (AvgIpc) is 2.73. The number of carbonyl (C=O) groups excluding carboxylic acids is 2. The summed E-state index contributed by atoms with van der Waals surface area (Å²) in [6.07, 6.45) is -0.116. The normalized spacial score (nSPS) is 14.5. The number of nitriles is 1. The molecule has 1 aliphatic rings. The van der Waals surface area contributed by atoms with E-state index in [1.807, 2.05) is 0 Å². The van der Waals surface area contributed by atoms with Crippen LogP contribution in [-0.2, 0) is 4.74 Å². The lowest BCUT2D eigenvalue weighted by Gasteiger charge is -2.33. The highest BCUT2D eigenvalue weighted by Crippen LogP contribution is 2.32. The molecule has 174 valence electrons. The fourth-order valence-corrected chi connectivity index (χ4v) is 3.39. The number of aromatic amines is 1. The molecule has 0 aliphatic carbocycles. The first kappa shape index (κ1) is 23.7. The van der Waals surface area contributed by atoms with Crippen LogP contribution in [0.1, 0.15) is 49.7 Å². The van der Waals surface area contributed by atoms with Crippen molar-refractivity contribution in [1.29, 1.82) is 5.26 Å². The lowest BCUT2D eigenvalue weighted by molar-refractivity contribution is 0.0126. The number of nitrogens with two attached hydrogens (primary N) is 1. The van der Waals surface area contributed by atoms with Gasteiger partial charge in [0.2, 0.25) is 0 Å². The van der Waals surface area contributed by atoms with Crippen molar-refractivity contribution < 1.29 is 23.5 Å². The molecule has 0 radical (unpaired) electrons. The second-order valence-corrected chi connectivity index (χ2v) is 8.56. The first-order valence-corrected chi connectivity index (χ1v) is 10.3. The molecule has 0 spiro atoms. The van der Waals surface area contributed by atoms with Crippen molar-refractivity contribution in [2.75, 3.05) is 13.1 Å². The zero-order valence-electron chi connectivity index (χ0n) is 18.5. The Morgan fingerprint density at radius 3 is 2.52 bits per heavy atom. The fourth-order valence-electron chi connectivity index (χ4n) is 3.39. The summed E-state index contributed by atoms with van der Waals surface area (Å²) >= 11 is 0. The number of aromatic nitrogens is 2. The Hall–Kier alpha value is -3.94. The number of halogens is 1. The Kier molecular flexibility index (Phi) is 6.67. The molecule has 1 fully saturated rings. The standard InChI is InChI=1S/C22H24FN5O5/c1-22(2,3)33-21(31)28-8-6-14(7-9-28)32-18-16(20(30)27-26-17(18)19(25)29)12-4-5-13(11-24)15(23)10-12/h4-5,10,14H,6-9H2,1-3H3,(H2,25,29)(H,27,30). The van der Waals surface area contributed by atoms with Gasteiger partial charge in [-0.1, -0.05) is 6.07 Å². The van der Waals surface area contributed by atoms with Crippen molar-refractivity contribution in [3.8, 4) is 22.9 Å². The van der Waals surface area contributed by atoms with Crippen LogP contribution < -0.4 is 16.0 Å². The van der Waals surface area contributed by atoms with E-state index in [0.29, 0.717) is 25.9 Å². The van der Waals surface area contributed by atoms with E-state index in [0.717, 1.165) is 6.07 Å². The minimum Gasteiger partial charge on any atom is -0.487 e. The van der Waals surface area contributed by atoms with Crippen molar-refractivity contribution in [1.82, 2.24) is 15.1 Å². The van der Waals surface area contributed by atoms with E-state index in [1.165, 1.54) is 12.1 Å². The Balaban J connectivity index is 1.89. The number of benzene rings is 1. The number of hydrogen-bond acceptors (Lipinski definition) is 7. The van der Waals surface area contributed by atoms with Gasteiger partial charge in [-0.05, 0) is 38.5 Å². The number of hydrogen-bond donors (Lipinski definition) is 2. The highest BCUT2D eigenvalue weighted by molar-refractivity contribution is 5.96. The van der Waals surface area contributed by atoms with Crippen molar-refractivity contribution in [2.24, 2.45) is 5.73 Å². The summed E-state index contributed by atoms with van der Waals surface area (Å²) in [5.74, 6) is -1.95. The first-order valence-electron chi connectivity index (χ1n) is 10.3. The number of amides is 2. The van der Waals surface area contributed by atoms with Crippen molar-refractivity contribution in [3.05, 3.63) is 45.6 Å². The van der Waals surface area contributed by atoms with Crippen LogP contribution in [0.15, 0.2) is 23.0 Å². The lowest BCUT2D eigenvalue weighted by atomic mass is 10.0. The zero-order chi connectivity index (χ0) is 24.3. The Bertz CT molecular complexity index is 1170. The van der Waals surface area contributed by atoms with Gasteiger partial charge in [0.25, 0.3) is 11.5 Å². The molecule has 1 aliphatic heterocycles. The van der Waals surface area contributed by atoms with E-state index in [2.05, 4.69) is 10.2 Å². The highest BCUT2D eigenvalue weighted by atomic mass is 19.1. The molecule has 1 aromatic carbocycles. The van der Waals surface area contributed by atoms with Crippen molar-refractivity contribution >= 4 is 12.0 Å². The molecule has 3 N–H and O–H groups in total. The average molecular weight is 457 g/mol. The van der Waals surface area contributed by atoms with Crippen LogP contribution >= 0.6 is 0 Å². The summed E-state index contributed by atoms with van der Waals surface area (Å²) in [6.45, 7) is 6.00. The SMILES string of the molecule is CC(C)(C)OC(=O)N1CCC(Oc2c(C(N)=O)n[nH]c(=O)c2-c2ccc(C#N)c(F)c2)CC1. The molecule has 33 heavy (non-hydrogen) atoms. The fraction of sp³-hybridized carbons (Fsp3) is 0.409. The van der Waals surface area contributed by atoms with Gasteiger partial charge in [-0.3, -0.25) is 9.59 Å². The maximum atomic E-state index is 14.2. The van der Waals surface area contributed by atoms with Crippen molar-refractivity contribution in [3.63, 3.8) is 0 Å². The molecule has 0 atom stereocenters. The summed E-state index contributed by atoms with van der Waals surface area (Å²) < 4.78 is 25.6. The topological polar surface area (TPSA) is 151 Å². The molecule has 3 rings (SSSR count). The Labute approximate surface area is 189 Å². The molecule has 2 heterocycles. The molecule has 0 unspecified atom stereocenters. The molecular formula is C22H24FN5O5. The first-order chi connectivity index (χ1) is 15.5. The van der Waals surface area contributed by atoms with E-state index in [1.54, 1.807) is 31.7 Å². The third-order valence-electron chi connectivity index (χ3n) is 4.93. The number of carbonyl (C=O) groups is 2. The molecule has 1 saturated heterocycles. The van der Waals surface area contributed by atoms with E-state index in [4.69, 9.17) is 20.5 Å². The number of rotatable bonds is 4. The zero-order valence-corrected chi connectivity index (χ0v) is 18.5. The Morgan fingerprint density at radius 1 is 1.30 bits per heavy atom. The maximum absolute atomic E-state index is 14.2. The van der Waals surface area contributed by atoms with Gasteiger partial charge in [-0.2, -0.15) is 10.4 Å². The molecule has 2 amide bonds. The van der Waals surface area contributed by atoms with Gasteiger partial charge in [0, 0.05) is 25.9 Å². The van der Waals surface area contributed by atoms with Gasteiger partial charge in [0.15, 0.2) is 11.4 Å². The monoisotopic (exact) mass is 457 g/mol. The summed E-state index contributed by atoms with van der Waals surface area (Å²) in [6, 6.07) is 5.30. The largest absolute Gasteiger partial charge is 0.487 e. The number of likely N-dealkylation sites (tertiary alicyclic amines) is 1. The molecular weight excluding hydrogens is 433 g/mol. The van der Waals surface area contributed by atoms with Gasteiger partial charge in [-0.15, -0.1) is 0 Å². The van der Waals surface area contributed by atoms with Gasteiger partial charge >= 0.3 is 6.09 Å². The number of piperidine rings is 1. The second kappa shape index (κ2) is 9.28. The third kappa shape index (κ3) is 5.46. The van der Waals surface area contributed by atoms with Gasteiger partial charge < -0.3 is 20.1 Å². The Morgan fingerprint density at radius 2 is 1.97 bits per heavy atom. The second-order valence-electron chi connectivity index (χ2n) is 8.56. The number of nitrogens with one attached hydrogen (secondary N) is 1. The maximum Gasteiger partial charge on any atom is 0.410 e. The number of H-pyrrole nitrogens is 1. The van der Waals surface area contributed by atoms with E-state index in [-0.39, 0.29) is 28.1 Å². The van der Waals surface area contributed by atoms with Crippen LogP contribution in [-0.4, -0.2) is 51.9 Å².